The highest BCUT2D eigenvalue weighted by Gasteiger charge is 2.42. The summed E-state index contributed by atoms with van der Waals surface area (Å²) in [6, 6.07) is 3.55. The van der Waals surface area contributed by atoms with Gasteiger partial charge in [0, 0.05) is 16.1 Å². The van der Waals surface area contributed by atoms with Gasteiger partial charge in [-0.2, -0.15) is 0 Å². The number of ether oxygens (including phenoxy) is 1. The van der Waals surface area contributed by atoms with Crippen LogP contribution in [0.1, 0.15) is 30.9 Å². The summed E-state index contributed by atoms with van der Waals surface area (Å²) < 4.78 is 5.80. The summed E-state index contributed by atoms with van der Waals surface area (Å²) in [5.74, 6) is 0.745. The molecule has 0 amide bonds. The van der Waals surface area contributed by atoms with Crippen LogP contribution in [0.5, 0.6) is 5.75 Å². The van der Waals surface area contributed by atoms with Crippen LogP contribution in [0.15, 0.2) is 12.1 Å². The number of carbonyl (C=O) groups is 1. The highest BCUT2D eigenvalue weighted by atomic mass is 35.5. The average molecular weight is 259 g/mol. The fraction of sp³-hybridized carbons (Fsp3) is 0.417. The minimum Gasteiger partial charge on any atom is -0.486 e. The average Bonchev–Trinajstić information content (AvgIpc) is 2.46. The molecule has 0 bridgehead atoms. The van der Waals surface area contributed by atoms with Crippen molar-refractivity contribution < 1.29 is 9.53 Å². The van der Waals surface area contributed by atoms with Gasteiger partial charge in [0.1, 0.15) is 17.6 Å². The first kappa shape index (κ1) is 11.7. The molecule has 86 valence electrons. The topological polar surface area (TPSA) is 26.3 Å². The summed E-state index contributed by atoms with van der Waals surface area (Å²) in [5.41, 5.74) is 1.14. The Balaban J connectivity index is 2.62. The van der Waals surface area contributed by atoms with Crippen LogP contribution in [0.3, 0.4) is 0 Å². The molecule has 1 unspecified atom stereocenters. The molecule has 0 N–H and O–H groups in total. The van der Waals surface area contributed by atoms with Crippen molar-refractivity contribution in [2.75, 3.05) is 0 Å². The molecule has 0 aromatic heterocycles. The van der Waals surface area contributed by atoms with Gasteiger partial charge in [-0.05, 0) is 26.0 Å². The summed E-state index contributed by atoms with van der Waals surface area (Å²) in [7, 11) is 0. The Hall–Kier alpha value is -0.730. The summed E-state index contributed by atoms with van der Waals surface area (Å²) in [6.45, 7) is 3.77. The van der Waals surface area contributed by atoms with E-state index in [1.165, 1.54) is 0 Å². The number of carbonyl (C=O) groups excluding carboxylic acids is 1. The standard InChI is InChI=1S/C12H12Cl2O2/c1-12(2)10(6-15)9-4-8(14)3-7(5-13)11(9)16-12/h3-4,6,10H,5H2,1-2H3. The molecule has 0 radical (unpaired) electrons. The molecular weight excluding hydrogens is 247 g/mol. The SMILES string of the molecule is CC1(C)Oc2c(CCl)cc(Cl)cc2C1C=O. The van der Waals surface area contributed by atoms with Gasteiger partial charge in [0.2, 0.25) is 0 Å². The van der Waals surface area contributed by atoms with Crippen molar-refractivity contribution >= 4 is 29.5 Å². The summed E-state index contributed by atoms with van der Waals surface area (Å²) in [6.07, 6.45) is 0.903. The molecule has 1 aliphatic rings. The van der Waals surface area contributed by atoms with Crippen LogP contribution < -0.4 is 4.74 Å². The molecule has 0 saturated heterocycles. The first-order valence-corrected chi connectivity index (χ1v) is 5.93. The van der Waals surface area contributed by atoms with E-state index in [4.69, 9.17) is 27.9 Å². The first-order valence-electron chi connectivity index (χ1n) is 5.02. The first-order chi connectivity index (χ1) is 7.49. The van der Waals surface area contributed by atoms with Crippen molar-refractivity contribution in [3.63, 3.8) is 0 Å². The molecule has 2 nitrogen and oxygen atoms in total. The van der Waals surface area contributed by atoms with E-state index >= 15 is 0 Å². The van der Waals surface area contributed by atoms with Crippen LogP contribution in [0.4, 0.5) is 0 Å². The molecule has 16 heavy (non-hydrogen) atoms. The van der Waals surface area contributed by atoms with Gasteiger partial charge >= 0.3 is 0 Å². The van der Waals surface area contributed by atoms with E-state index in [9.17, 15) is 4.79 Å². The normalized spacial score (nSPS) is 21.4. The lowest BCUT2D eigenvalue weighted by Crippen LogP contribution is -2.31. The number of hydrogen-bond donors (Lipinski definition) is 0. The van der Waals surface area contributed by atoms with Crippen molar-refractivity contribution in [3.8, 4) is 5.75 Å². The monoisotopic (exact) mass is 258 g/mol. The Kier molecular flexibility index (Phi) is 2.89. The van der Waals surface area contributed by atoms with Gasteiger partial charge in [-0.15, -0.1) is 11.6 Å². The van der Waals surface area contributed by atoms with E-state index in [-0.39, 0.29) is 5.92 Å². The van der Waals surface area contributed by atoms with Crippen molar-refractivity contribution in [3.05, 3.63) is 28.3 Å². The number of aldehydes is 1. The van der Waals surface area contributed by atoms with E-state index in [2.05, 4.69) is 0 Å². The maximum Gasteiger partial charge on any atom is 0.131 e. The van der Waals surface area contributed by atoms with Crippen LogP contribution >= 0.6 is 23.2 Å². The predicted octanol–water partition coefficient (Wildman–Crippen LogP) is 3.53. The Labute approximate surface area is 104 Å². The van der Waals surface area contributed by atoms with Crippen LogP contribution in [0.25, 0.3) is 0 Å². The fourth-order valence-electron chi connectivity index (χ4n) is 2.07. The Morgan fingerprint density at radius 3 is 2.75 bits per heavy atom. The minimum absolute atomic E-state index is 0.289. The molecule has 2 rings (SSSR count). The minimum atomic E-state index is -0.532. The number of rotatable bonds is 2. The van der Waals surface area contributed by atoms with Crippen LogP contribution in [0, 0.1) is 0 Å². The third-order valence-corrected chi connectivity index (χ3v) is 3.39. The molecular formula is C12H12Cl2O2. The lowest BCUT2D eigenvalue weighted by molar-refractivity contribution is -0.111. The van der Waals surface area contributed by atoms with Gasteiger partial charge in [-0.3, -0.25) is 0 Å². The van der Waals surface area contributed by atoms with Gasteiger partial charge in [0.25, 0.3) is 0 Å². The predicted molar refractivity (Wildman–Crippen MR) is 64.5 cm³/mol. The quantitative estimate of drug-likeness (QED) is 0.599. The number of halogens is 2. The number of fused-ring (bicyclic) bond motifs is 1. The zero-order valence-electron chi connectivity index (χ0n) is 9.09. The molecule has 1 heterocycles. The second kappa shape index (κ2) is 3.94. The molecule has 0 fully saturated rings. The van der Waals surface area contributed by atoms with Crippen molar-refractivity contribution in [2.24, 2.45) is 0 Å². The molecule has 4 heteroatoms. The third kappa shape index (κ3) is 1.70. The number of benzene rings is 1. The Bertz CT molecular complexity index is 441. The molecule has 1 aromatic carbocycles. The smallest absolute Gasteiger partial charge is 0.131 e. The molecule has 0 saturated carbocycles. The maximum atomic E-state index is 11.1. The number of hydrogen-bond acceptors (Lipinski definition) is 2. The van der Waals surface area contributed by atoms with Crippen molar-refractivity contribution in [2.45, 2.75) is 31.2 Å². The van der Waals surface area contributed by atoms with Gasteiger partial charge in [-0.1, -0.05) is 11.6 Å². The van der Waals surface area contributed by atoms with E-state index in [0.717, 1.165) is 17.4 Å². The van der Waals surface area contributed by atoms with Gasteiger partial charge in [-0.25, -0.2) is 0 Å². The largest absolute Gasteiger partial charge is 0.486 e. The second-order valence-corrected chi connectivity index (χ2v) is 5.14. The van der Waals surface area contributed by atoms with E-state index in [0.29, 0.717) is 16.7 Å². The molecule has 1 aliphatic heterocycles. The third-order valence-electron chi connectivity index (χ3n) is 2.89. The zero-order chi connectivity index (χ0) is 11.9. The van der Waals surface area contributed by atoms with Gasteiger partial charge in [0.05, 0.1) is 11.8 Å². The lowest BCUT2D eigenvalue weighted by atomic mass is 9.88. The van der Waals surface area contributed by atoms with Gasteiger partial charge < -0.3 is 9.53 Å². The van der Waals surface area contributed by atoms with Crippen molar-refractivity contribution in [1.29, 1.82) is 0 Å². The van der Waals surface area contributed by atoms with Crippen LogP contribution in [0.2, 0.25) is 5.02 Å². The van der Waals surface area contributed by atoms with E-state index in [1.54, 1.807) is 12.1 Å². The summed E-state index contributed by atoms with van der Waals surface area (Å²) in [5, 5.41) is 0.586. The second-order valence-electron chi connectivity index (χ2n) is 4.44. The van der Waals surface area contributed by atoms with E-state index in [1.807, 2.05) is 13.8 Å². The molecule has 0 spiro atoms. The highest BCUT2D eigenvalue weighted by molar-refractivity contribution is 6.31. The van der Waals surface area contributed by atoms with Crippen LogP contribution in [-0.2, 0) is 10.7 Å². The molecule has 1 atom stereocenters. The maximum absolute atomic E-state index is 11.1. The zero-order valence-corrected chi connectivity index (χ0v) is 10.6. The van der Waals surface area contributed by atoms with Gasteiger partial charge in [0.15, 0.2) is 0 Å². The Morgan fingerprint density at radius 1 is 1.50 bits per heavy atom. The Morgan fingerprint density at radius 2 is 2.19 bits per heavy atom. The highest BCUT2D eigenvalue weighted by Crippen LogP contribution is 2.46. The fourth-order valence-corrected chi connectivity index (χ4v) is 2.51. The molecule has 0 aliphatic carbocycles. The number of alkyl halides is 1. The van der Waals surface area contributed by atoms with Crippen LogP contribution in [-0.4, -0.2) is 11.9 Å². The lowest BCUT2D eigenvalue weighted by Gasteiger charge is -2.22. The van der Waals surface area contributed by atoms with E-state index < -0.39 is 5.60 Å². The van der Waals surface area contributed by atoms with Crippen molar-refractivity contribution in [1.82, 2.24) is 0 Å². The summed E-state index contributed by atoms with van der Waals surface area (Å²) >= 11 is 11.8. The molecule has 1 aromatic rings. The summed E-state index contributed by atoms with van der Waals surface area (Å²) in [4.78, 5) is 11.1.